The second-order valence-corrected chi connectivity index (χ2v) is 6.28. The van der Waals surface area contributed by atoms with E-state index in [0.717, 1.165) is 38.2 Å². The predicted molar refractivity (Wildman–Crippen MR) is 84.7 cm³/mol. The molecular weight excluding hydrogens is 304 g/mol. The van der Waals surface area contributed by atoms with E-state index in [1.165, 1.54) is 0 Å². The molecule has 0 aromatic carbocycles. The maximum Gasteiger partial charge on any atom is 0.410 e. The van der Waals surface area contributed by atoms with E-state index in [4.69, 9.17) is 16.3 Å². The molecule has 1 aromatic heterocycles. The number of nitrogens with zero attached hydrogens (tertiary/aromatic N) is 4. The molecule has 2 rings (SSSR count). The lowest BCUT2D eigenvalue weighted by Crippen LogP contribution is -2.46. The number of aromatic nitrogens is 2. The molecule has 1 amide bonds. The summed E-state index contributed by atoms with van der Waals surface area (Å²) in [5.41, 5.74) is 0.897. The van der Waals surface area contributed by atoms with Crippen LogP contribution in [0.2, 0.25) is 5.15 Å². The molecule has 1 aromatic rings. The van der Waals surface area contributed by atoms with E-state index in [1.54, 1.807) is 17.3 Å². The SMILES string of the molecule is CC(C)OC(=O)N1CCC(N(C)Cc2cnc(Cl)cn2)CC1. The van der Waals surface area contributed by atoms with Gasteiger partial charge in [-0.15, -0.1) is 0 Å². The standard InChI is InChI=1S/C15H23ClN4O2/c1-11(2)22-15(21)20-6-4-13(5-7-20)19(3)10-12-8-18-14(16)9-17-12/h8-9,11,13H,4-7,10H2,1-3H3. The molecule has 0 spiro atoms. The van der Waals surface area contributed by atoms with Gasteiger partial charge in [0.2, 0.25) is 0 Å². The average molecular weight is 327 g/mol. The first kappa shape index (κ1) is 17.0. The maximum absolute atomic E-state index is 11.9. The Morgan fingerprint density at radius 3 is 2.64 bits per heavy atom. The largest absolute Gasteiger partial charge is 0.447 e. The number of rotatable bonds is 4. The first-order valence-electron chi connectivity index (χ1n) is 7.58. The van der Waals surface area contributed by atoms with E-state index in [-0.39, 0.29) is 12.2 Å². The first-order chi connectivity index (χ1) is 10.5. The lowest BCUT2D eigenvalue weighted by Gasteiger charge is -2.36. The molecule has 2 heterocycles. The van der Waals surface area contributed by atoms with E-state index >= 15 is 0 Å². The Kier molecular flexibility index (Phi) is 5.97. The number of amides is 1. The van der Waals surface area contributed by atoms with Gasteiger partial charge in [0.15, 0.2) is 0 Å². The van der Waals surface area contributed by atoms with E-state index in [9.17, 15) is 4.79 Å². The van der Waals surface area contributed by atoms with Crippen molar-refractivity contribution in [1.29, 1.82) is 0 Å². The molecule has 7 heteroatoms. The summed E-state index contributed by atoms with van der Waals surface area (Å²) < 4.78 is 5.23. The summed E-state index contributed by atoms with van der Waals surface area (Å²) >= 11 is 5.74. The van der Waals surface area contributed by atoms with Crippen LogP contribution in [0.3, 0.4) is 0 Å². The third kappa shape index (κ3) is 4.81. The predicted octanol–water partition coefficient (Wildman–Crippen LogP) is 2.57. The Balaban J connectivity index is 1.80. The highest BCUT2D eigenvalue weighted by Crippen LogP contribution is 2.18. The van der Waals surface area contributed by atoms with E-state index in [1.807, 2.05) is 13.8 Å². The van der Waals surface area contributed by atoms with Gasteiger partial charge in [-0.25, -0.2) is 9.78 Å². The van der Waals surface area contributed by atoms with Gasteiger partial charge >= 0.3 is 6.09 Å². The molecule has 0 radical (unpaired) electrons. The van der Waals surface area contributed by atoms with E-state index in [2.05, 4.69) is 21.9 Å². The van der Waals surface area contributed by atoms with Gasteiger partial charge in [-0.1, -0.05) is 11.6 Å². The molecule has 0 N–H and O–H groups in total. The molecular formula is C15H23ClN4O2. The summed E-state index contributed by atoms with van der Waals surface area (Å²) in [5.74, 6) is 0. The Morgan fingerprint density at radius 1 is 1.41 bits per heavy atom. The van der Waals surface area contributed by atoms with Crippen LogP contribution in [0.15, 0.2) is 12.4 Å². The number of halogens is 1. The van der Waals surface area contributed by atoms with Crippen molar-refractivity contribution in [3.8, 4) is 0 Å². The van der Waals surface area contributed by atoms with Gasteiger partial charge < -0.3 is 9.64 Å². The number of piperidine rings is 1. The van der Waals surface area contributed by atoms with Crippen molar-refractivity contribution < 1.29 is 9.53 Å². The van der Waals surface area contributed by atoms with Gasteiger partial charge in [0.1, 0.15) is 5.15 Å². The van der Waals surface area contributed by atoms with Crippen molar-refractivity contribution >= 4 is 17.7 Å². The van der Waals surface area contributed by atoms with Gasteiger partial charge in [0.05, 0.1) is 24.2 Å². The van der Waals surface area contributed by atoms with Crippen molar-refractivity contribution in [2.75, 3.05) is 20.1 Å². The fraction of sp³-hybridized carbons (Fsp3) is 0.667. The first-order valence-corrected chi connectivity index (χ1v) is 7.95. The zero-order valence-electron chi connectivity index (χ0n) is 13.3. The van der Waals surface area contributed by atoms with Crippen molar-refractivity contribution in [2.24, 2.45) is 0 Å². The Bertz CT molecular complexity index is 487. The molecule has 22 heavy (non-hydrogen) atoms. The molecule has 1 aliphatic rings. The van der Waals surface area contributed by atoms with Crippen molar-refractivity contribution in [1.82, 2.24) is 19.8 Å². The molecule has 0 aliphatic carbocycles. The lowest BCUT2D eigenvalue weighted by molar-refractivity contribution is 0.0575. The molecule has 0 atom stereocenters. The maximum atomic E-state index is 11.9. The summed E-state index contributed by atoms with van der Waals surface area (Å²) in [7, 11) is 2.07. The average Bonchev–Trinajstić information content (AvgIpc) is 2.49. The Hall–Kier alpha value is -1.40. The molecule has 6 nitrogen and oxygen atoms in total. The van der Waals surface area contributed by atoms with Crippen LogP contribution >= 0.6 is 11.6 Å². The van der Waals surface area contributed by atoms with Crippen LogP contribution in [-0.2, 0) is 11.3 Å². The summed E-state index contributed by atoms with van der Waals surface area (Å²) in [5, 5.41) is 0.406. The minimum Gasteiger partial charge on any atom is -0.447 e. The van der Waals surface area contributed by atoms with Gasteiger partial charge in [0, 0.05) is 25.7 Å². The highest BCUT2D eigenvalue weighted by molar-refractivity contribution is 6.29. The van der Waals surface area contributed by atoms with Crippen LogP contribution in [0.5, 0.6) is 0 Å². The van der Waals surface area contributed by atoms with Crippen LogP contribution in [0, 0.1) is 0 Å². The van der Waals surface area contributed by atoms with Gasteiger partial charge in [-0.3, -0.25) is 9.88 Å². The molecule has 1 aliphatic heterocycles. The molecule has 1 fully saturated rings. The fourth-order valence-electron chi connectivity index (χ4n) is 2.57. The van der Waals surface area contributed by atoms with Crippen LogP contribution in [-0.4, -0.2) is 58.1 Å². The molecule has 0 bridgehead atoms. The monoisotopic (exact) mass is 326 g/mol. The zero-order chi connectivity index (χ0) is 16.1. The topological polar surface area (TPSA) is 58.6 Å². The summed E-state index contributed by atoms with van der Waals surface area (Å²) in [6.45, 7) is 5.92. The highest BCUT2D eigenvalue weighted by Gasteiger charge is 2.26. The van der Waals surface area contributed by atoms with Crippen LogP contribution in [0.25, 0.3) is 0 Å². The van der Waals surface area contributed by atoms with E-state index in [0.29, 0.717) is 11.2 Å². The third-order valence-corrected chi connectivity index (χ3v) is 3.96. The van der Waals surface area contributed by atoms with Gasteiger partial charge in [0.25, 0.3) is 0 Å². The number of hydrogen-bond acceptors (Lipinski definition) is 5. The summed E-state index contributed by atoms with van der Waals surface area (Å²) in [4.78, 5) is 24.2. The highest BCUT2D eigenvalue weighted by atomic mass is 35.5. The molecule has 1 saturated heterocycles. The van der Waals surface area contributed by atoms with Gasteiger partial charge in [-0.05, 0) is 33.7 Å². The van der Waals surface area contributed by atoms with Crippen molar-refractivity contribution in [3.63, 3.8) is 0 Å². The van der Waals surface area contributed by atoms with Crippen LogP contribution < -0.4 is 0 Å². The zero-order valence-corrected chi connectivity index (χ0v) is 14.1. The fourth-order valence-corrected chi connectivity index (χ4v) is 2.67. The molecule has 122 valence electrons. The van der Waals surface area contributed by atoms with Crippen molar-refractivity contribution in [3.05, 3.63) is 23.2 Å². The van der Waals surface area contributed by atoms with Gasteiger partial charge in [-0.2, -0.15) is 0 Å². The minimum atomic E-state index is -0.209. The summed E-state index contributed by atoms with van der Waals surface area (Å²) in [6, 6.07) is 0.431. The second kappa shape index (κ2) is 7.74. The van der Waals surface area contributed by atoms with E-state index < -0.39 is 0 Å². The number of ether oxygens (including phenoxy) is 1. The number of likely N-dealkylation sites (tertiary alicyclic amines) is 1. The molecule has 0 saturated carbocycles. The molecule has 0 unspecified atom stereocenters. The number of carbonyl (C=O) groups is 1. The minimum absolute atomic E-state index is 0.0728. The second-order valence-electron chi connectivity index (χ2n) is 5.90. The Morgan fingerprint density at radius 2 is 2.09 bits per heavy atom. The Labute approximate surface area is 136 Å². The lowest BCUT2D eigenvalue weighted by atomic mass is 10.0. The normalized spacial score (nSPS) is 16.4. The summed E-state index contributed by atoms with van der Waals surface area (Å²) in [6.07, 6.45) is 4.86. The van der Waals surface area contributed by atoms with Crippen molar-refractivity contribution in [2.45, 2.75) is 45.4 Å². The third-order valence-electron chi connectivity index (χ3n) is 3.77. The smallest absolute Gasteiger partial charge is 0.410 e. The quantitative estimate of drug-likeness (QED) is 0.851. The van der Waals surface area contributed by atoms with Crippen LogP contribution in [0.1, 0.15) is 32.4 Å². The number of hydrogen-bond donors (Lipinski definition) is 0. The number of carbonyl (C=O) groups excluding carboxylic acids is 1. The van der Waals surface area contributed by atoms with Crippen LogP contribution in [0.4, 0.5) is 4.79 Å².